The molecule has 2 aromatic heterocycles. The monoisotopic (exact) mass is 1790 g/mol. The van der Waals surface area contributed by atoms with Gasteiger partial charge in [0.25, 0.3) is 11.8 Å². The Kier molecular flexibility index (Phi) is 65.2. The maximum absolute atomic E-state index is 13.5. The molecule has 3 heterocycles. The molecule has 38 nitrogen and oxygen atoms in total. The number of hydrazone groups is 2. The average Bonchev–Trinajstić information content (AvgIpc) is 0.803. The number of hydrogen-bond acceptors (Lipinski definition) is 32. The minimum atomic E-state index is -0.811. The number of aromatic nitrogens is 2. The molecular formula is C89H138N12O26. The van der Waals surface area contributed by atoms with Crippen LogP contribution in [0.4, 0.5) is 17.3 Å². The number of pyridine rings is 2. The number of ether oxygens (including phenoxy) is 20. The average molecular weight is 1790 g/mol. The zero-order valence-electron chi connectivity index (χ0n) is 74.8. The Morgan fingerprint density at radius 2 is 0.685 bits per heavy atom. The molecule has 0 aliphatic carbocycles. The van der Waals surface area contributed by atoms with Crippen LogP contribution in [-0.2, 0) is 120 Å². The van der Waals surface area contributed by atoms with Gasteiger partial charge in [-0.1, -0.05) is 42.2 Å². The van der Waals surface area contributed by atoms with Crippen LogP contribution in [-0.4, -0.2) is 353 Å². The maximum atomic E-state index is 13.5. The molecule has 1 aliphatic rings. The van der Waals surface area contributed by atoms with Gasteiger partial charge in [0, 0.05) is 80.6 Å². The van der Waals surface area contributed by atoms with Gasteiger partial charge in [-0.05, 0) is 101 Å². The van der Waals surface area contributed by atoms with Crippen molar-refractivity contribution in [3.8, 4) is 11.8 Å². The van der Waals surface area contributed by atoms with Crippen molar-refractivity contribution in [2.75, 3.05) is 306 Å². The number of anilines is 3. The van der Waals surface area contributed by atoms with Crippen molar-refractivity contribution < 1.29 is 124 Å². The molecule has 38 heteroatoms. The second kappa shape index (κ2) is 76.2. The molecule has 0 saturated heterocycles. The van der Waals surface area contributed by atoms with E-state index in [1.54, 1.807) is 29.2 Å². The maximum Gasteiger partial charge on any atom is 0.252 e. The Bertz CT molecular complexity index is 3650. The normalized spacial score (nSPS) is 11.8. The van der Waals surface area contributed by atoms with Gasteiger partial charge in [0.2, 0.25) is 23.6 Å². The summed E-state index contributed by atoms with van der Waals surface area (Å²) in [5.74, 6) is 6.20. The Morgan fingerprint density at radius 1 is 0.346 bits per heavy atom. The fourth-order valence-corrected chi connectivity index (χ4v) is 10.9. The number of amides is 6. The summed E-state index contributed by atoms with van der Waals surface area (Å²) in [4.78, 5) is 87.4. The molecule has 0 saturated carbocycles. The molecule has 710 valence electrons. The van der Waals surface area contributed by atoms with Gasteiger partial charge >= 0.3 is 0 Å². The molecular weight excluding hydrogens is 1650 g/mol. The summed E-state index contributed by atoms with van der Waals surface area (Å²) >= 11 is 0. The third kappa shape index (κ3) is 58.4. The molecule has 127 heavy (non-hydrogen) atoms. The lowest BCUT2D eigenvalue weighted by Crippen LogP contribution is -2.47. The Labute approximate surface area is 747 Å². The number of carbonyl (C=O) groups excluding carboxylic acids is 6. The van der Waals surface area contributed by atoms with Crippen molar-refractivity contribution in [3.63, 3.8) is 0 Å². The molecule has 6 amide bonds. The first-order valence-electron chi connectivity index (χ1n) is 43.8. The van der Waals surface area contributed by atoms with Gasteiger partial charge < -0.3 is 126 Å². The van der Waals surface area contributed by atoms with Gasteiger partial charge in [-0.3, -0.25) is 39.6 Å². The van der Waals surface area contributed by atoms with E-state index in [9.17, 15) is 28.8 Å². The van der Waals surface area contributed by atoms with E-state index < -0.39 is 6.04 Å². The number of para-hydroxylation sites is 1. The van der Waals surface area contributed by atoms with Gasteiger partial charge in [0.15, 0.2) is 0 Å². The van der Waals surface area contributed by atoms with Crippen LogP contribution < -0.4 is 42.3 Å². The van der Waals surface area contributed by atoms with Crippen LogP contribution in [0, 0.1) is 11.8 Å². The summed E-state index contributed by atoms with van der Waals surface area (Å²) in [7, 11) is 0. The first-order chi connectivity index (χ1) is 62.4. The lowest BCUT2D eigenvalue weighted by Gasteiger charge is -2.26. The summed E-state index contributed by atoms with van der Waals surface area (Å²) in [6.45, 7) is 24.1. The molecule has 4 aromatic rings. The number of unbranched alkanes of at least 4 members (excludes halogenated alkanes) is 1. The second-order valence-electron chi connectivity index (χ2n) is 28.2. The molecule has 0 radical (unpaired) electrons. The summed E-state index contributed by atoms with van der Waals surface area (Å²) < 4.78 is 112. The fraction of sp³-hybridized carbons (Fsp3) is 0.640. The quantitative estimate of drug-likeness (QED) is 0.0133. The third-order valence-electron chi connectivity index (χ3n) is 17.5. The van der Waals surface area contributed by atoms with E-state index >= 15 is 0 Å². The number of rotatable bonds is 83. The van der Waals surface area contributed by atoms with E-state index in [1.165, 1.54) is 12.4 Å². The summed E-state index contributed by atoms with van der Waals surface area (Å²) in [5.41, 5.74) is 11.7. The highest BCUT2D eigenvalue weighted by Gasteiger charge is 2.23. The summed E-state index contributed by atoms with van der Waals surface area (Å²) in [6, 6.07) is 21.4. The van der Waals surface area contributed by atoms with E-state index in [-0.39, 0.29) is 81.1 Å². The topological polar surface area (TPSA) is 425 Å². The Hall–Kier alpha value is -8.74. The van der Waals surface area contributed by atoms with Crippen molar-refractivity contribution >= 4 is 64.2 Å². The van der Waals surface area contributed by atoms with E-state index in [0.717, 1.165) is 33.8 Å². The first kappa shape index (κ1) is 109. The molecule has 1 atom stereocenters. The standard InChI is InChI=1S/C89H138N12O26/c1-73(2)97-99-82-21-19-77(70-94-82)87(105)92-28-34-112-40-46-118-52-56-122-60-64-126-68-66-124-62-58-120-54-50-115-43-37-109-31-23-84(102)90-26-10-9-15-80(89(107)91-27-11-30-108-36-42-114-48-49-117-45-39-111-33-25-86(104)101-72-79-14-6-5-12-75(79)17-18-76-13-7-8-16-81(76)101)96-85(103)24-32-110-38-44-116-51-55-121-59-63-125-67-69-127-65-61-123-57-53-119-47-41-113-35-29-93-88(106)78-20-22-83(95-71-78)100-98-74(3)4/h5-8,12-14,16,19-22,70-71,80H,9-11,15,23-69,72H2,1-4H3,(H,90,102)(H,91,107)(H,92,105)(H,93,106)(H,94,99)(H,95,100)(H,96,103)/t80-/m0/s1. The van der Waals surface area contributed by atoms with E-state index in [1.807, 2.05) is 76.2 Å². The van der Waals surface area contributed by atoms with Crippen LogP contribution in [0.25, 0.3) is 0 Å². The predicted molar refractivity (Wildman–Crippen MR) is 475 cm³/mol. The Balaban J connectivity index is 0.804. The number of nitrogens with zero attached hydrogens (tertiary/aromatic N) is 5. The van der Waals surface area contributed by atoms with Crippen molar-refractivity contribution in [1.29, 1.82) is 0 Å². The minimum Gasteiger partial charge on any atom is -0.379 e. The number of carbonyl (C=O) groups is 6. The molecule has 1 aliphatic heterocycles. The van der Waals surface area contributed by atoms with Gasteiger partial charge in [-0.25, -0.2) is 9.97 Å². The fourth-order valence-electron chi connectivity index (χ4n) is 10.9. The predicted octanol–water partition coefficient (Wildman–Crippen LogP) is 4.98. The van der Waals surface area contributed by atoms with Gasteiger partial charge in [-0.2, -0.15) is 10.2 Å². The number of benzene rings is 2. The minimum absolute atomic E-state index is 0.0319. The lowest BCUT2D eigenvalue weighted by molar-refractivity contribution is -0.129. The molecule has 0 spiro atoms. The van der Waals surface area contributed by atoms with Gasteiger partial charge in [-0.15, -0.1) is 0 Å². The molecule has 7 N–H and O–H groups in total. The van der Waals surface area contributed by atoms with E-state index in [0.29, 0.717) is 319 Å². The lowest BCUT2D eigenvalue weighted by atomic mass is 10.0. The van der Waals surface area contributed by atoms with Crippen LogP contribution in [0.2, 0.25) is 0 Å². The largest absolute Gasteiger partial charge is 0.379 e. The van der Waals surface area contributed by atoms with Crippen LogP contribution in [0.5, 0.6) is 0 Å². The summed E-state index contributed by atoms with van der Waals surface area (Å²) in [6.07, 6.45) is 5.38. The number of nitrogens with one attached hydrogen (secondary N) is 7. The zero-order valence-corrected chi connectivity index (χ0v) is 74.8. The van der Waals surface area contributed by atoms with Crippen LogP contribution in [0.1, 0.15) is 110 Å². The SMILES string of the molecule is CC(C)=NNc1ccc(C(=O)NCCOCCOCCOCCOCCOCCOCCOCCOCCC(=O)NCCCC[C@H](NC(=O)CCOCCOCCOCCOCCOCCOCCOCCOCCNC(=O)c2ccc(NN=C(C)C)nc2)C(=O)NCCCOCCOCCOCCOCCC(=O)N2Cc3ccccc3C#Cc3ccccc32)cn1. The van der Waals surface area contributed by atoms with Crippen LogP contribution in [0.15, 0.2) is 95.4 Å². The number of hydrogen-bond donors (Lipinski definition) is 7. The van der Waals surface area contributed by atoms with E-state index in [4.69, 9.17) is 94.7 Å². The van der Waals surface area contributed by atoms with Gasteiger partial charge in [0.1, 0.15) is 17.7 Å². The van der Waals surface area contributed by atoms with Crippen molar-refractivity contribution in [1.82, 2.24) is 36.6 Å². The number of fused-ring (bicyclic) bond motifs is 2. The summed E-state index contributed by atoms with van der Waals surface area (Å²) in [5, 5.41) is 22.4. The first-order valence-corrected chi connectivity index (χ1v) is 43.8. The highest BCUT2D eigenvalue weighted by Crippen LogP contribution is 2.26. The molecule has 2 aromatic carbocycles. The zero-order chi connectivity index (χ0) is 90.4. The smallest absolute Gasteiger partial charge is 0.252 e. The second-order valence-corrected chi connectivity index (χ2v) is 28.2. The molecule has 0 unspecified atom stereocenters. The van der Waals surface area contributed by atoms with Gasteiger partial charge in [0.05, 0.1) is 287 Å². The highest BCUT2D eigenvalue weighted by atomic mass is 16.6. The van der Waals surface area contributed by atoms with Crippen molar-refractivity contribution in [2.45, 2.75) is 85.2 Å². The molecule has 0 fully saturated rings. The van der Waals surface area contributed by atoms with Crippen molar-refractivity contribution in [2.24, 2.45) is 10.2 Å². The molecule has 0 bridgehead atoms. The van der Waals surface area contributed by atoms with E-state index in [2.05, 4.69) is 69.4 Å². The van der Waals surface area contributed by atoms with Crippen LogP contribution in [0.3, 0.4) is 0 Å². The van der Waals surface area contributed by atoms with Crippen molar-refractivity contribution in [3.05, 3.63) is 113 Å². The molecule has 5 rings (SSSR count). The van der Waals surface area contributed by atoms with Crippen LogP contribution >= 0.6 is 0 Å². The highest BCUT2D eigenvalue weighted by molar-refractivity contribution is 5.96. The Morgan fingerprint density at radius 3 is 1.08 bits per heavy atom. The third-order valence-corrected chi connectivity index (χ3v) is 17.5.